The number of imidazole rings is 1. The second-order valence-electron chi connectivity index (χ2n) is 3.05. The van der Waals surface area contributed by atoms with Crippen molar-refractivity contribution in [3.8, 4) is 0 Å². The summed E-state index contributed by atoms with van der Waals surface area (Å²) in [7, 11) is 0. The van der Waals surface area contributed by atoms with Gasteiger partial charge in [-0.3, -0.25) is 0 Å². The lowest BCUT2D eigenvalue weighted by Gasteiger charge is -2.06. The van der Waals surface area contributed by atoms with E-state index in [1.54, 1.807) is 18.0 Å². The van der Waals surface area contributed by atoms with Gasteiger partial charge in [-0.25, -0.2) is 4.98 Å². The van der Waals surface area contributed by atoms with Crippen LogP contribution in [-0.4, -0.2) is 21.8 Å². The molecule has 4 heteroatoms. The van der Waals surface area contributed by atoms with E-state index in [-0.39, 0.29) is 0 Å². The van der Waals surface area contributed by atoms with E-state index in [2.05, 4.69) is 16.9 Å². The minimum Gasteiger partial charge on any atom is -0.340 e. The lowest BCUT2D eigenvalue weighted by atomic mass is 10.1. The van der Waals surface area contributed by atoms with E-state index in [9.17, 15) is 0 Å². The Kier molecular flexibility index (Phi) is 4.93. The fourth-order valence-corrected chi connectivity index (χ4v) is 1.84. The van der Waals surface area contributed by atoms with Crippen LogP contribution in [0.15, 0.2) is 17.6 Å². The van der Waals surface area contributed by atoms with Crippen LogP contribution < -0.4 is 5.73 Å². The summed E-state index contributed by atoms with van der Waals surface area (Å²) in [5.74, 6) is 1.10. The second-order valence-corrected chi connectivity index (χ2v) is 4.14. The number of hydrogen-bond donors (Lipinski definition) is 2. The summed E-state index contributed by atoms with van der Waals surface area (Å²) in [6.07, 6.45) is 6.98. The van der Waals surface area contributed by atoms with Crippen LogP contribution >= 0.6 is 11.8 Å². The molecule has 1 unspecified atom stereocenters. The third kappa shape index (κ3) is 4.33. The maximum atomic E-state index is 5.80. The van der Waals surface area contributed by atoms with Crippen LogP contribution in [0, 0.1) is 0 Å². The summed E-state index contributed by atoms with van der Waals surface area (Å²) < 4.78 is 0. The van der Waals surface area contributed by atoms with Crippen molar-refractivity contribution in [2.24, 2.45) is 5.73 Å². The number of thioether (sulfide) groups is 1. The van der Waals surface area contributed by atoms with Crippen molar-refractivity contribution in [2.45, 2.75) is 37.4 Å². The van der Waals surface area contributed by atoms with Crippen molar-refractivity contribution < 1.29 is 0 Å². The van der Waals surface area contributed by atoms with E-state index in [1.807, 2.05) is 6.20 Å². The van der Waals surface area contributed by atoms with Gasteiger partial charge in [-0.15, -0.1) is 0 Å². The van der Waals surface area contributed by atoms with Gasteiger partial charge in [0.2, 0.25) is 0 Å². The monoisotopic (exact) mass is 199 g/mol. The molecule has 1 heterocycles. The molecule has 0 bridgehead atoms. The lowest BCUT2D eigenvalue weighted by molar-refractivity contribution is 0.589. The number of nitrogens with zero attached hydrogens (tertiary/aromatic N) is 1. The normalized spacial score (nSPS) is 13.1. The van der Waals surface area contributed by atoms with Gasteiger partial charge >= 0.3 is 0 Å². The van der Waals surface area contributed by atoms with Crippen LogP contribution in [0.25, 0.3) is 0 Å². The molecular formula is C9H17N3S. The first kappa shape index (κ1) is 10.6. The van der Waals surface area contributed by atoms with Crippen LogP contribution in [0.5, 0.6) is 0 Å². The largest absolute Gasteiger partial charge is 0.340 e. The van der Waals surface area contributed by atoms with E-state index in [0.717, 1.165) is 23.8 Å². The summed E-state index contributed by atoms with van der Waals surface area (Å²) in [4.78, 5) is 7.19. The summed E-state index contributed by atoms with van der Waals surface area (Å²) in [6, 6.07) is 0.372. The first-order valence-corrected chi connectivity index (χ1v) is 5.69. The molecule has 1 atom stereocenters. The lowest BCUT2D eigenvalue weighted by Crippen LogP contribution is -2.18. The number of aromatic amines is 1. The average Bonchev–Trinajstić information content (AvgIpc) is 2.64. The van der Waals surface area contributed by atoms with Crippen LogP contribution in [0.4, 0.5) is 0 Å². The number of H-pyrrole nitrogens is 1. The predicted octanol–water partition coefficient (Wildman–Crippen LogP) is 2.02. The molecule has 74 valence electrons. The molecule has 13 heavy (non-hydrogen) atoms. The molecule has 1 aromatic rings. The standard InChI is InChI=1S/C9H17N3S/c1-2-8(10)4-3-7-13-9-11-5-6-12-9/h5-6,8H,2-4,7,10H2,1H3,(H,11,12). The van der Waals surface area contributed by atoms with Crippen molar-refractivity contribution in [3.63, 3.8) is 0 Å². The number of hydrogen-bond acceptors (Lipinski definition) is 3. The number of rotatable bonds is 6. The fourth-order valence-electron chi connectivity index (χ4n) is 1.05. The van der Waals surface area contributed by atoms with Gasteiger partial charge in [0.25, 0.3) is 0 Å². The second kappa shape index (κ2) is 6.05. The highest BCUT2D eigenvalue weighted by atomic mass is 32.2. The first-order chi connectivity index (χ1) is 6.33. The topological polar surface area (TPSA) is 54.7 Å². The Hall–Kier alpha value is -0.480. The zero-order chi connectivity index (χ0) is 9.52. The Morgan fingerprint density at radius 3 is 3.15 bits per heavy atom. The highest BCUT2D eigenvalue weighted by molar-refractivity contribution is 7.99. The molecule has 0 saturated carbocycles. The van der Waals surface area contributed by atoms with Crippen molar-refractivity contribution in [1.29, 1.82) is 0 Å². The molecule has 3 N–H and O–H groups in total. The van der Waals surface area contributed by atoms with Crippen molar-refractivity contribution in [3.05, 3.63) is 12.4 Å². The molecule has 0 aliphatic rings. The number of nitrogens with one attached hydrogen (secondary N) is 1. The number of nitrogens with two attached hydrogens (primary N) is 1. The third-order valence-electron chi connectivity index (χ3n) is 1.96. The van der Waals surface area contributed by atoms with Gasteiger partial charge in [-0.2, -0.15) is 0 Å². The summed E-state index contributed by atoms with van der Waals surface area (Å²) in [5.41, 5.74) is 5.80. The summed E-state index contributed by atoms with van der Waals surface area (Å²) in [5, 5.41) is 1.00. The Morgan fingerprint density at radius 2 is 2.54 bits per heavy atom. The van der Waals surface area contributed by atoms with Gasteiger partial charge in [-0.1, -0.05) is 18.7 Å². The molecule has 1 aromatic heterocycles. The highest BCUT2D eigenvalue weighted by Crippen LogP contribution is 2.14. The molecule has 0 spiro atoms. The van der Waals surface area contributed by atoms with Crippen LogP contribution in [0.1, 0.15) is 26.2 Å². The quantitative estimate of drug-likeness (QED) is 0.544. The molecule has 0 aromatic carbocycles. The molecule has 0 aliphatic carbocycles. The Labute approximate surface area is 83.5 Å². The van der Waals surface area contributed by atoms with Crippen LogP contribution in [-0.2, 0) is 0 Å². The smallest absolute Gasteiger partial charge is 0.165 e. The molecule has 1 rings (SSSR count). The SMILES string of the molecule is CCC(N)CCCSc1ncc[nH]1. The van der Waals surface area contributed by atoms with Crippen molar-refractivity contribution in [1.82, 2.24) is 9.97 Å². The Balaban J connectivity index is 2.02. The molecule has 0 aliphatic heterocycles. The van der Waals surface area contributed by atoms with Crippen LogP contribution in [0.2, 0.25) is 0 Å². The average molecular weight is 199 g/mol. The Bertz CT molecular complexity index is 211. The maximum absolute atomic E-state index is 5.80. The Morgan fingerprint density at radius 1 is 1.69 bits per heavy atom. The summed E-state index contributed by atoms with van der Waals surface area (Å²) in [6.45, 7) is 2.13. The molecule has 3 nitrogen and oxygen atoms in total. The zero-order valence-corrected chi connectivity index (χ0v) is 8.81. The van der Waals surface area contributed by atoms with Crippen molar-refractivity contribution >= 4 is 11.8 Å². The number of aromatic nitrogens is 2. The third-order valence-corrected chi connectivity index (χ3v) is 2.95. The van der Waals surface area contributed by atoms with Gasteiger partial charge in [0.05, 0.1) is 0 Å². The van der Waals surface area contributed by atoms with E-state index >= 15 is 0 Å². The van der Waals surface area contributed by atoms with E-state index in [1.165, 1.54) is 6.42 Å². The fraction of sp³-hybridized carbons (Fsp3) is 0.667. The van der Waals surface area contributed by atoms with Gasteiger partial charge in [0.1, 0.15) is 0 Å². The van der Waals surface area contributed by atoms with Gasteiger partial charge in [0.15, 0.2) is 5.16 Å². The van der Waals surface area contributed by atoms with Crippen LogP contribution in [0.3, 0.4) is 0 Å². The maximum Gasteiger partial charge on any atom is 0.165 e. The van der Waals surface area contributed by atoms with E-state index in [0.29, 0.717) is 6.04 Å². The first-order valence-electron chi connectivity index (χ1n) is 4.70. The minimum atomic E-state index is 0.372. The van der Waals surface area contributed by atoms with E-state index < -0.39 is 0 Å². The van der Waals surface area contributed by atoms with E-state index in [4.69, 9.17) is 5.73 Å². The zero-order valence-electron chi connectivity index (χ0n) is 7.99. The minimum absolute atomic E-state index is 0.372. The highest BCUT2D eigenvalue weighted by Gasteiger charge is 1.99. The van der Waals surface area contributed by atoms with Gasteiger partial charge in [0, 0.05) is 24.2 Å². The summed E-state index contributed by atoms with van der Waals surface area (Å²) >= 11 is 1.76. The molecular weight excluding hydrogens is 182 g/mol. The van der Waals surface area contributed by atoms with Crippen molar-refractivity contribution in [2.75, 3.05) is 5.75 Å². The molecule has 0 radical (unpaired) electrons. The molecule has 0 amide bonds. The van der Waals surface area contributed by atoms with Gasteiger partial charge in [-0.05, 0) is 19.3 Å². The predicted molar refractivity (Wildman–Crippen MR) is 56.8 cm³/mol. The molecule has 0 saturated heterocycles. The van der Waals surface area contributed by atoms with Gasteiger partial charge < -0.3 is 10.7 Å². The molecule has 0 fully saturated rings.